The average molecular weight is 353 g/mol. The van der Waals surface area contributed by atoms with E-state index in [0.29, 0.717) is 40.3 Å². The van der Waals surface area contributed by atoms with Crippen molar-refractivity contribution in [1.29, 1.82) is 0 Å². The lowest BCUT2D eigenvalue weighted by molar-refractivity contribution is -0.254. The summed E-state index contributed by atoms with van der Waals surface area (Å²) in [7, 11) is 0. The van der Waals surface area contributed by atoms with E-state index in [1.165, 1.54) is 12.1 Å². The fraction of sp³-hybridized carbons (Fsp3) is 0.200. The first-order valence-corrected chi connectivity index (χ1v) is 7.96. The van der Waals surface area contributed by atoms with Crippen LogP contribution in [0, 0.1) is 0 Å². The number of rotatable bonds is 3. The zero-order valence-corrected chi connectivity index (χ0v) is 13.3. The van der Waals surface area contributed by atoms with Crippen molar-refractivity contribution in [3.8, 4) is 11.5 Å². The van der Waals surface area contributed by atoms with Crippen LogP contribution in [-0.4, -0.2) is 25.1 Å². The van der Waals surface area contributed by atoms with Crippen molar-refractivity contribution >= 4 is 40.5 Å². The van der Waals surface area contributed by atoms with Gasteiger partial charge in [-0.3, -0.25) is 4.79 Å². The summed E-state index contributed by atoms with van der Waals surface area (Å²) in [6.07, 6.45) is 0.685. The van der Waals surface area contributed by atoms with E-state index in [1.807, 2.05) is 0 Å². The molecular formula is C15H11ClNO5S-. The number of fused-ring (bicyclic) bond motifs is 1. The van der Waals surface area contributed by atoms with Crippen LogP contribution >= 0.6 is 22.9 Å². The number of ether oxygens (including phenoxy) is 2. The summed E-state index contributed by atoms with van der Waals surface area (Å²) in [6.45, 7) is 0.879. The second-order valence-corrected chi connectivity index (χ2v) is 6.46. The molecule has 0 atom stereocenters. The molecule has 0 spiro atoms. The number of carboxylic acids is 1. The van der Waals surface area contributed by atoms with Gasteiger partial charge in [-0.25, -0.2) is 0 Å². The first-order valence-electron chi connectivity index (χ1n) is 6.76. The van der Waals surface area contributed by atoms with Gasteiger partial charge in [0, 0.05) is 18.1 Å². The Morgan fingerprint density at radius 3 is 2.48 bits per heavy atom. The number of carboxylic acid groups (broad SMARTS) is 1. The minimum atomic E-state index is -1.42. The quantitative estimate of drug-likeness (QED) is 0.914. The van der Waals surface area contributed by atoms with Gasteiger partial charge in [-0.05, 0) is 18.2 Å². The SMILES string of the molecule is O=C(Nc1cc2c(cc1C(=O)[O-])OCCCO2)c1ccc(Cl)s1. The summed E-state index contributed by atoms with van der Waals surface area (Å²) < 4.78 is 11.4. The number of benzene rings is 1. The van der Waals surface area contributed by atoms with E-state index in [0.717, 1.165) is 11.3 Å². The summed E-state index contributed by atoms with van der Waals surface area (Å²) in [5.41, 5.74) is -0.0889. The van der Waals surface area contributed by atoms with Gasteiger partial charge in [-0.1, -0.05) is 11.6 Å². The Morgan fingerprint density at radius 2 is 1.87 bits per heavy atom. The predicted octanol–water partition coefficient (Wildman–Crippen LogP) is 2.18. The number of thiophene rings is 1. The predicted molar refractivity (Wildman–Crippen MR) is 83.7 cm³/mol. The van der Waals surface area contributed by atoms with Crippen LogP contribution in [-0.2, 0) is 0 Å². The van der Waals surface area contributed by atoms with Crippen LogP contribution in [0.3, 0.4) is 0 Å². The smallest absolute Gasteiger partial charge is 0.265 e. The third-order valence-electron chi connectivity index (χ3n) is 3.15. The molecule has 0 bridgehead atoms. The molecule has 1 N–H and O–H groups in total. The maximum absolute atomic E-state index is 12.2. The van der Waals surface area contributed by atoms with Crippen LogP contribution in [0.4, 0.5) is 5.69 Å². The molecule has 1 amide bonds. The van der Waals surface area contributed by atoms with Gasteiger partial charge in [-0.15, -0.1) is 11.3 Å². The van der Waals surface area contributed by atoms with Gasteiger partial charge in [0.25, 0.3) is 5.91 Å². The molecule has 0 saturated heterocycles. The molecule has 1 aromatic carbocycles. The molecular weight excluding hydrogens is 342 g/mol. The first-order chi connectivity index (χ1) is 11.0. The Morgan fingerprint density at radius 1 is 1.17 bits per heavy atom. The van der Waals surface area contributed by atoms with Crippen LogP contribution in [0.5, 0.6) is 11.5 Å². The molecule has 0 unspecified atom stereocenters. The molecule has 3 rings (SSSR count). The Hall–Kier alpha value is -2.25. The van der Waals surface area contributed by atoms with E-state index in [2.05, 4.69) is 5.32 Å². The van der Waals surface area contributed by atoms with Gasteiger partial charge in [0.2, 0.25) is 0 Å². The molecule has 120 valence electrons. The summed E-state index contributed by atoms with van der Waals surface area (Å²) in [5.74, 6) is -1.18. The number of halogens is 1. The Labute approximate surface area is 140 Å². The summed E-state index contributed by atoms with van der Waals surface area (Å²) in [4.78, 5) is 23.9. The van der Waals surface area contributed by atoms with Crippen molar-refractivity contribution in [3.63, 3.8) is 0 Å². The highest BCUT2D eigenvalue weighted by Crippen LogP contribution is 2.35. The summed E-state index contributed by atoms with van der Waals surface area (Å²) >= 11 is 6.90. The summed E-state index contributed by atoms with van der Waals surface area (Å²) in [5, 5.41) is 13.9. The van der Waals surface area contributed by atoms with E-state index >= 15 is 0 Å². The number of aromatic carboxylic acids is 1. The van der Waals surface area contributed by atoms with Gasteiger partial charge in [-0.2, -0.15) is 0 Å². The van der Waals surface area contributed by atoms with Gasteiger partial charge in [0.15, 0.2) is 11.5 Å². The number of carbonyl (C=O) groups is 2. The second kappa shape index (κ2) is 6.47. The molecule has 1 aromatic heterocycles. The highest BCUT2D eigenvalue weighted by atomic mass is 35.5. The highest BCUT2D eigenvalue weighted by Gasteiger charge is 2.18. The molecule has 0 fully saturated rings. The molecule has 0 saturated carbocycles. The van der Waals surface area contributed by atoms with Crippen molar-refractivity contribution < 1.29 is 24.2 Å². The van der Waals surface area contributed by atoms with E-state index in [-0.39, 0.29) is 11.3 Å². The van der Waals surface area contributed by atoms with Gasteiger partial charge >= 0.3 is 0 Å². The summed E-state index contributed by atoms with van der Waals surface area (Å²) in [6, 6.07) is 5.88. The second-order valence-electron chi connectivity index (χ2n) is 4.74. The fourth-order valence-corrected chi connectivity index (χ4v) is 3.04. The molecule has 6 nitrogen and oxygen atoms in total. The Balaban J connectivity index is 1.95. The standard InChI is InChI=1S/C15H12ClNO5S/c16-13-3-2-12(23-13)14(18)17-9-7-11-10(6-8(9)15(19)20)21-4-1-5-22-11/h2-3,6-7H,1,4-5H2,(H,17,18)(H,19,20)/p-1. The monoisotopic (exact) mass is 352 g/mol. The number of hydrogen-bond donors (Lipinski definition) is 1. The van der Waals surface area contributed by atoms with Gasteiger partial charge in [0.1, 0.15) is 0 Å². The largest absolute Gasteiger partial charge is 0.545 e. The molecule has 1 aliphatic heterocycles. The average Bonchev–Trinajstić information content (AvgIpc) is 2.81. The molecule has 2 heterocycles. The van der Waals surface area contributed by atoms with E-state index < -0.39 is 11.9 Å². The van der Waals surface area contributed by atoms with Crippen LogP contribution in [0.1, 0.15) is 26.5 Å². The molecule has 23 heavy (non-hydrogen) atoms. The zero-order chi connectivity index (χ0) is 16.4. The van der Waals surface area contributed by atoms with E-state index in [9.17, 15) is 14.7 Å². The molecule has 2 aromatic rings. The highest BCUT2D eigenvalue weighted by molar-refractivity contribution is 7.18. The van der Waals surface area contributed by atoms with Gasteiger partial charge in [0.05, 0.1) is 34.1 Å². The van der Waals surface area contributed by atoms with Crippen molar-refractivity contribution in [2.75, 3.05) is 18.5 Å². The lowest BCUT2D eigenvalue weighted by Crippen LogP contribution is -2.25. The minimum absolute atomic E-state index is 0.0868. The Bertz CT molecular complexity index is 773. The molecule has 0 radical (unpaired) electrons. The van der Waals surface area contributed by atoms with Crippen molar-refractivity contribution in [2.24, 2.45) is 0 Å². The number of anilines is 1. The van der Waals surface area contributed by atoms with E-state index in [1.54, 1.807) is 12.1 Å². The number of amides is 1. The lowest BCUT2D eigenvalue weighted by atomic mass is 10.1. The minimum Gasteiger partial charge on any atom is -0.545 e. The van der Waals surface area contributed by atoms with Crippen LogP contribution < -0.4 is 19.9 Å². The normalized spacial score (nSPS) is 13.3. The maximum Gasteiger partial charge on any atom is 0.265 e. The maximum atomic E-state index is 12.2. The van der Waals surface area contributed by atoms with Crippen molar-refractivity contribution in [2.45, 2.75) is 6.42 Å². The van der Waals surface area contributed by atoms with Crippen LogP contribution in [0.15, 0.2) is 24.3 Å². The zero-order valence-electron chi connectivity index (χ0n) is 11.8. The molecule has 0 aliphatic carbocycles. The van der Waals surface area contributed by atoms with Crippen LogP contribution in [0.25, 0.3) is 0 Å². The Kier molecular flexibility index (Phi) is 4.40. The topological polar surface area (TPSA) is 87.7 Å². The van der Waals surface area contributed by atoms with Gasteiger partial charge < -0.3 is 24.7 Å². The number of nitrogens with one attached hydrogen (secondary N) is 1. The van der Waals surface area contributed by atoms with Crippen molar-refractivity contribution in [3.05, 3.63) is 39.0 Å². The van der Waals surface area contributed by atoms with Crippen LogP contribution in [0.2, 0.25) is 4.34 Å². The molecule has 1 aliphatic rings. The van der Waals surface area contributed by atoms with Crippen molar-refractivity contribution in [1.82, 2.24) is 0 Å². The number of carbonyl (C=O) groups excluding carboxylic acids is 2. The van der Waals surface area contributed by atoms with E-state index in [4.69, 9.17) is 21.1 Å². The fourth-order valence-electron chi connectivity index (χ4n) is 2.10. The first kappa shape index (κ1) is 15.6. The lowest BCUT2D eigenvalue weighted by Gasteiger charge is -2.15. The number of hydrogen-bond acceptors (Lipinski definition) is 6. The molecule has 8 heteroatoms. The third kappa shape index (κ3) is 3.40. The third-order valence-corrected chi connectivity index (χ3v) is 4.38.